The molecule has 21 heavy (non-hydrogen) atoms. The highest BCUT2D eigenvalue weighted by atomic mass is 19.4. The lowest BCUT2D eigenvalue weighted by atomic mass is 10.1. The van der Waals surface area contributed by atoms with Crippen LogP contribution in [0.1, 0.15) is 42.9 Å². The number of aromatic nitrogens is 3. The third-order valence-corrected chi connectivity index (χ3v) is 3.75. The highest BCUT2D eigenvalue weighted by molar-refractivity contribution is 5.59. The van der Waals surface area contributed by atoms with Gasteiger partial charge in [-0.3, -0.25) is 4.98 Å². The van der Waals surface area contributed by atoms with E-state index in [9.17, 15) is 13.2 Å². The Kier molecular flexibility index (Phi) is 3.26. The molecule has 1 fully saturated rings. The Morgan fingerprint density at radius 1 is 1.33 bits per heavy atom. The van der Waals surface area contributed by atoms with Crippen LogP contribution in [0, 0.1) is 6.92 Å². The van der Waals surface area contributed by atoms with Crippen molar-refractivity contribution < 1.29 is 13.2 Å². The van der Waals surface area contributed by atoms with E-state index < -0.39 is 11.7 Å². The second kappa shape index (κ2) is 4.86. The first-order chi connectivity index (χ1) is 9.90. The fourth-order valence-corrected chi connectivity index (χ4v) is 2.46. The first-order valence-electron chi connectivity index (χ1n) is 7.02. The lowest BCUT2D eigenvalue weighted by molar-refractivity contribution is -0.138. The van der Waals surface area contributed by atoms with Gasteiger partial charge in [-0.2, -0.15) is 13.2 Å². The summed E-state index contributed by atoms with van der Waals surface area (Å²) in [6, 6.07) is 1.60. The molecule has 0 N–H and O–H groups in total. The molecule has 2 aromatic heterocycles. The number of halogens is 3. The maximum atomic E-state index is 13.0. The van der Waals surface area contributed by atoms with Gasteiger partial charge in [0.1, 0.15) is 5.82 Å². The van der Waals surface area contributed by atoms with Crippen LogP contribution in [0.3, 0.4) is 0 Å². The van der Waals surface area contributed by atoms with E-state index in [2.05, 4.69) is 14.5 Å². The van der Waals surface area contributed by atoms with Crippen molar-refractivity contribution in [3.8, 4) is 11.3 Å². The molecule has 1 saturated carbocycles. The Balaban J connectivity index is 2.04. The number of nitrogens with zero attached hydrogens (tertiary/aromatic N) is 3. The predicted molar refractivity (Wildman–Crippen MR) is 72.8 cm³/mol. The van der Waals surface area contributed by atoms with Crippen molar-refractivity contribution >= 4 is 0 Å². The SMILES string of the molecule is CCc1nc(-c2cnc(C)c(C(F)(F)F)c2)cn1C1CC1. The van der Waals surface area contributed by atoms with E-state index in [0.29, 0.717) is 17.3 Å². The summed E-state index contributed by atoms with van der Waals surface area (Å²) in [7, 11) is 0. The molecule has 0 bridgehead atoms. The van der Waals surface area contributed by atoms with Gasteiger partial charge in [-0.25, -0.2) is 4.98 Å². The average molecular weight is 295 g/mol. The Morgan fingerprint density at radius 2 is 2.05 bits per heavy atom. The van der Waals surface area contributed by atoms with Gasteiger partial charge in [0.2, 0.25) is 0 Å². The van der Waals surface area contributed by atoms with E-state index >= 15 is 0 Å². The molecule has 0 aliphatic heterocycles. The molecule has 0 amide bonds. The van der Waals surface area contributed by atoms with Gasteiger partial charge in [0.15, 0.2) is 0 Å². The van der Waals surface area contributed by atoms with E-state index in [4.69, 9.17) is 0 Å². The molecule has 1 aliphatic carbocycles. The Hall–Kier alpha value is -1.85. The second-order valence-corrected chi connectivity index (χ2v) is 5.39. The molecule has 0 saturated heterocycles. The monoisotopic (exact) mass is 295 g/mol. The van der Waals surface area contributed by atoms with Crippen molar-refractivity contribution in [2.24, 2.45) is 0 Å². The van der Waals surface area contributed by atoms with E-state index in [1.807, 2.05) is 13.1 Å². The molecular formula is C15H16F3N3. The molecule has 0 unspecified atom stereocenters. The highest BCUT2D eigenvalue weighted by Gasteiger charge is 2.33. The second-order valence-electron chi connectivity index (χ2n) is 5.39. The Bertz CT molecular complexity index is 669. The maximum Gasteiger partial charge on any atom is 0.418 e. The van der Waals surface area contributed by atoms with Crippen molar-refractivity contribution in [1.82, 2.24) is 14.5 Å². The van der Waals surface area contributed by atoms with Gasteiger partial charge in [-0.05, 0) is 25.8 Å². The van der Waals surface area contributed by atoms with E-state index in [-0.39, 0.29) is 5.69 Å². The van der Waals surface area contributed by atoms with E-state index in [1.165, 1.54) is 13.1 Å². The van der Waals surface area contributed by atoms with Crippen LogP contribution < -0.4 is 0 Å². The summed E-state index contributed by atoms with van der Waals surface area (Å²) in [6.45, 7) is 3.37. The van der Waals surface area contributed by atoms with Crippen LogP contribution in [0.15, 0.2) is 18.5 Å². The third kappa shape index (κ3) is 2.66. The lowest BCUT2D eigenvalue weighted by Crippen LogP contribution is -2.08. The highest BCUT2D eigenvalue weighted by Crippen LogP contribution is 2.38. The number of aryl methyl sites for hydroxylation is 2. The van der Waals surface area contributed by atoms with Gasteiger partial charge in [-0.1, -0.05) is 6.92 Å². The molecule has 0 atom stereocenters. The number of rotatable bonds is 3. The minimum absolute atomic E-state index is 0.0106. The van der Waals surface area contributed by atoms with Crippen molar-refractivity contribution in [2.75, 3.05) is 0 Å². The predicted octanol–water partition coefficient (Wildman–Crippen LogP) is 4.17. The molecule has 3 rings (SSSR count). The minimum Gasteiger partial charge on any atom is -0.331 e. The van der Waals surface area contributed by atoms with Crippen LogP contribution in [0.2, 0.25) is 0 Å². The molecule has 6 heteroatoms. The fourth-order valence-electron chi connectivity index (χ4n) is 2.46. The summed E-state index contributed by atoms with van der Waals surface area (Å²) in [6.07, 6.45) is 1.92. The van der Waals surface area contributed by atoms with E-state index in [0.717, 1.165) is 31.2 Å². The first kappa shape index (κ1) is 14.1. The van der Waals surface area contributed by atoms with Gasteiger partial charge in [-0.15, -0.1) is 0 Å². The number of hydrogen-bond donors (Lipinski definition) is 0. The average Bonchev–Trinajstić information content (AvgIpc) is 3.17. The van der Waals surface area contributed by atoms with Gasteiger partial charge in [0.05, 0.1) is 11.3 Å². The molecule has 0 spiro atoms. The number of alkyl halides is 3. The zero-order chi connectivity index (χ0) is 15.2. The van der Waals surface area contributed by atoms with Crippen LogP contribution in [0.5, 0.6) is 0 Å². The van der Waals surface area contributed by atoms with Crippen LogP contribution in [-0.2, 0) is 12.6 Å². The third-order valence-electron chi connectivity index (χ3n) is 3.75. The van der Waals surface area contributed by atoms with Crippen molar-refractivity contribution in [3.63, 3.8) is 0 Å². The van der Waals surface area contributed by atoms with Gasteiger partial charge >= 0.3 is 6.18 Å². The summed E-state index contributed by atoms with van der Waals surface area (Å²) in [4.78, 5) is 8.35. The van der Waals surface area contributed by atoms with Crippen LogP contribution in [0.25, 0.3) is 11.3 Å². The smallest absolute Gasteiger partial charge is 0.331 e. The number of pyridine rings is 1. The summed E-state index contributed by atoms with van der Waals surface area (Å²) in [5, 5.41) is 0. The van der Waals surface area contributed by atoms with E-state index in [1.54, 1.807) is 0 Å². The van der Waals surface area contributed by atoms with Crippen molar-refractivity contribution in [2.45, 2.75) is 45.3 Å². The fraction of sp³-hybridized carbons (Fsp3) is 0.467. The molecule has 3 nitrogen and oxygen atoms in total. The summed E-state index contributed by atoms with van der Waals surface area (Å²) in [5.74, 6) is 0.918. The Labute approximate surface area is 120 Å². The largest absolute Gasteiger partial charge is 0.418 e. The van der Waals surface area contributed by atoms with Gasteiger partial charge in [0.25, 0.3) is 0 Å². The zero-order valence-corrected chi connectivity index (χ0v) is 11.9. The summed E-state index contributed by atoms with van der Waals surface area (Å²) in [5.41, 5.74) is 0.279. The molecule has 112 valence electrons. The molecule has 1 aliphatic rings. The van der Waals surface area contributed by atoms with Crippen molar-refractivity contribution in [3.05, 3.63) is 35.5 Å². The zero-order valence-electron chi connectivity index (χ0n) is 11.9. The molecule has 0 radical (unpaired) electrons. The number of imidazole rings is 1. The number of hydrogen-bond acceptors (Lipinski definition) is 2. The molecular weight excluding hydrogens is 279 g/mol. The summed E-state index contributed by atoms with van der Waals surface area (Å²) < 4.78 is 41.0. The first-order valence-corrected chi connectivity index (χ1v) is 7.02. The topological polar surface area (TPSA) is 30.7 Å². The van der Waals surface area contributed by atoms with Gasteiger partial charge < -0.3 is 4.57 Å². The molecule has 0 aromatic carbocycles. The lowest BCUT2D eigenvalue weighted by Gasteiger charge is -2.10. The van der Waals surface area contributed by atoms with Crippen molar-refractivity contribution in [1.29, 1.82) is 0 Å². The van der Waals surface area contributed by atoms with Crippen LogP contribution >= 0.6 is 0 Å². The quantitative estimate of drug-likeness (QED) is 0.851. The van der Waals surface area contributed by atoms with Gasteiger partial charge in [0, 0.05) is 36.1 Å². The van der Waals surface area contributed by atoms with Crippen LogP contribution in [-0.4, -0.2) is 14.5 Å². The summed E-state index contributed by atoms with van der Waals surface area (Å²) >= 11 is 0. The molecule has 2 aromatic rings. The van der Waals surface area contributed by atoms with Crippen LogP contribution in [0.4, 0.5) is 13.2 Å². The maximum absolute atomic E-state index is 13.0. The normalized spacial score (nSPS) is 15.5. The Morgan fingerprint density at radius 3 is 2.62 bits per heavy atom. The minimum atomic E-state index is -4.39. The molecule has 2 heterocycles. The standard InChI is InChI=1S/C15H16F3N3/c1-3-14-20-13(8-21(14)11-4-5-11)10-6-12(15(16,17)18)9(2)19-7-10/h6-8,11H,3-5H2,1-2H3.